The Morgan fingerprint density at radius 3 is 1.23 bits per heavy atom. The van der Waals surface area contributed by atoms with Gasteiger partial charge in [-0.15, -0.1) is 0 Å². The second kappa shape index (κ2) is 14.7. The topological polar surface area (TPSA) is 0 Å². The predicted octanol–water partition coefficient (Wildman–Crippen LogP) is 13.5. The third-order valence-corrected chi connectivity index (χ3v) is 41.5. The number of allylic oxidation sites excluding steroid dienone is 2. The van der Waals surface area contributed by atoms with Crippen LogP contribution in [0.25, 0.3) is 34.4 Å². The van der Waals surface area contributed by atoms with E-state index in [1.807, 2.05) is 0 Å². The number of fused-ring (bicyclic) bond motifs is 2. The molecule has 2 aliphatic carbocycles. The molecule has 0 radical (unpaired) electrons. The van der Waals surface area contributed by atoms with Crippen LogP contribution in [0.15, 0.2) is 96.1 Å². The molecule has 2 unspecified atom stereocenters. The van der Waals surface area contributed by atoms with Crippen LogP contribution in [0.3, 0.4) is 0 Å². The van der Waals surface area contributed by atoms with Gasteiger partial charge in [-0.05, 0) is 0 Å². The summed E-state index contributed by atoms with van der Waals surface area (Å²) in [6, 6.07) is 33.1. The van der Waals surface area contributed by atoms with Gasteiger partial charge in [-0.1, -0.05) is 0 Å². The Bertz CT molecular complexity index is 1700. The van der Waals surface area contributed by atoms with Crippen LogP contribution in [0.5, 0.6) is 0 Å². The fourth-order valence-corrected chi connectivity index (χ4v) is 41.1. The molecule has 6 rings (SSSR count). The van der Waals surface area contributed by atoms with Crippen molar-refractivity contribution in [2.75, 3.05) is 0 Å². The number of benzene rings is 4. The Kier molecular flexibility index (Phi) is 10.8. The molecule has 0 amide bonds. The van der Waals surface area contributed by atoms with E-state index in [4.69, 9.17) is 0 Å². The number of hydrogen-bond donors (Lipinski definition) is 0. The third kappa shape index (κ3) is 6.78. The van der Waals surface area contributed by atoms with Gasteiger partial charge in [0.2, 0.25) is 0 Å². The molecule has 0 saturated heterocycles. The predicted molar refractivity (Wildman–Crippen MR) is 211 cm³/mol. The van der Waals surface area contributed by atoms with E-state index in [0.29, 0.717) is 31.0 Å². The fraction of sp³-hybridized carbons (Fsp3) is 0.391. The zero-order chi connectivity index (χ0) is 34.3. The molecule has 0 bridgehead atoms. The third-order valence-electron chi connectivity index (χ3n) is 10.7. The molecule has 0 aromatic heterocycles. The Balaban J connectivity index is 1.55. The van der Waals surface area contributed by atoms with Crippen molar-refractivity contribution in [3.05, 3.63) is 129 Å². The van der Waals surface area contributed by atoms with Crippen molar-refractivity contribution in [1.82, 2.24) is 0 Å². The van der Waals surface area contributed by atoms with Crippen LogP contribution in [0, 0.1) is 11.8 Å². The van der Waals surface area contributed by atoms with E-state index < -0.39 is 26.6 Å². The van der Waals surface area contributed by atoms with E-state index in [9.17, 15) is 0 Å². The first-order valence-corrected chi connectivity index (χ1v) is 32.0. The molecule has 0 fully saturated rings. The standard InChI is InChI=1S/2C22H25.C2H7Si.Hf/c2*1-15(2)12-17-13-18-8-7-11-21(22(18)14-17)20-10-6-5-9-19(20)16(3)4;1-3-2;/h2*5-11,13-16H,12H2,1-4H3;3H,1-2H3;. The maximum absolute atomic E-state index is 2.73. The first kappa shape index (κ1) is 35.3. The van der Waals surface area contributed by atoms with Crippen LogP contribution in [-0.2, 0) is 20.6 Å². The first-order valence-electron chi connectivity index (χ1n) is 18.7. The van der Waals surface area contributed by atoms with Gasteiger partial charge in [0.25, 0.3) is 0 Å². The van der Waals surface area contributed by atoms with Crippen LogP contribution in [0.2, 0.25) is 13.1 Å². The summed E-state index contributed by atoms with van der Waals surface area (Å²) in [6.07, 6.45) is 7.82. The molecule has 0 spiro atoms. The van der Waals surface area contributed by atoms with Gasteiger partial charge >= 0.3 is 303 Å². The maximum atomic E-state index is 2.73. The Labute approximate surface area is 300 Å². The van der Waals surface area contributed by atoms with Crippen molar-refractivity contribution in [1.29, 1.82) is 0 Å². The van der Waals surface area contributed by atoms with Crippen molar-refractivity contribution in [2.24, 2.45) is 11.8 Å². The van der Waals surface area contributed by atoms with Gasteiger partial charge in [0.1, 0.15) is 0 Å². The molecule has 2 heteroatoms. The molecule has 0 saturated carbocycles. The summed E-state index contributed by atoms with van der Waals surface area (Å²) in [5.41, 5.74) is 18.6. The molecule has 249 valence electrons. The molecular formula is C46H57HfSi. The zero-order valence-electron chi connectivity index (χ0n) is 31.2. The summed E-state index contributed by atoms with van der Waals surface area (Å²) < 4.78 is 1.34. The molecule has 2 aliphatic rings. The minimum atomic E-state index is -2.49. The second-order valence-electron chi connectivity index (χ2n) is 16.3. The van der Waals surface area contributed by atoms with E-state index in [1.165, 1.54) is 57.3 Å². The van der Waals surface area contributed by atoms with E-state index in [-0.39, 0.29) is 0 Å². The number of hydrogen-bond acceptors (Lipinski definition) is 0. The summed E-state index contributed by atoms with van der Waals surface area (Å²) >= 11 is -2.49. The zero-order valence-corrected chi connectivity index (χ0v) is 35.9. The van der Waals surface area contributed by atoms with Crippen molar-refractivity contribution >= 4 is 18.1 Å². The van der Waals surface area contributed by atoms with Crippen molar-refractivity contribution < 1.29 is 20.6 Å². The summed E-state index contributed by atoms with van der Waals surface area (Å²) in [6.45, 7) is 24.6. The molecular weight excluding hydrogens is 759 g/mol. The molecule has 4 aromatic rings. The summed E-state index contributed by atoms with van der Waals surface area (Å²) in [4.78, 5) is 0. The average Bonchev–Trinajstić information content (AvgIpc) is 3.58. The first-order chi connectivity index (χ1) is 23.0. The average molecular weight is 817 g/mol. The van der Waals surface area contributed by atoms with E-state index >= 15 is 0 Å². The SMILES string of the molecule is CC(C)CC1=Cc2c(-c3ccccc3C(C)C)cccc2[CH]1[Hf]([CH]1C(CC(C)C)=Cc2c(-c3ccccc3C(C)C)cccc21)[SiH](C)C. The minimum absolute atomic E-state index is 0.498. The summed E-state index contributed by atoms with van der Waals surface area (Å²) in [7, 11) is 0. The van der Waals surface area contributed by atoms with Crippen molar-refractivity contribution in [3.63, 3.8) is 0 Å². The van der Waals surface area contributed by atoms with Gasteiger partial charge in [0, 0.05) is 0 Å². The fourth-order valence-electron chi connectivity index (χ4n) is 8.81. The molecule has 0 N–H and O–H groups in total. The molecule has 4 aromatic carbocycles. The summed E-state index contributed by atoms with van der Waals surface area (Å²) in [5, 5.41) is 0. The summed E-state index contributed by atoms with van der Waals surface area (Å²) in [5.74, 6) is 1.33. The van der Waals surface area contributed by atoms with Crippen molar-refractivity contribution in [2.45, 2.75) is 101 Å². The Hall–Kier alpha value is -2.55. The van der Waals surface area contributed by atoms with E-state index in [2.05, 4.69) is 166 Å². The molecule has 0 aliphatic heterocycles. The van der Waals surface area contributed by atoms with Gasteiger partial charge in [-0.3, -0.25) is 0 Å². The van der Waals surface area contributed by atoms with Crippen molar-refractivity contribution in [3.8, 4) is 22.3 Å². The Morgan fingerprint density at radius 1 is 0.500 bits per heavy atom. The quantitative estimate of drug-likeness (QED) is 0.132. The molecule has 0 nitrogen and oxygen atoms in total. The number of rotatable bonds is 11. The Morgan fingerprint density at radius 2 is 0.875 bits per heavy atom. The van der Waals surface area contributed by atoms with Gasteiger partial charge in [-0.25, -0.2) is 0 Å². The van der Waals surface area contributed by atoms with Gasteiger partial charge in [-0.2, -0.15) is 0 Å². The van der Waals surface area contributed by atoms with Crippen LogP contribution >= 0.6 is 0 Å². The molecule has 2 atom stereocenters. The molecule has 48 heavy (non-hydrogen) atoms. The van der Waals surface area contributed by atoms with Gasteiger partial charge in [0.15, 0.2) is 0 Å². The normalized spacial score (nSPS) is 17.1. The van der Waals surface area contributed by atoms with Crippen LogP contribution in [-0.4, -0.2) is 5.98 Å². The van der Waals surface area contributed by atoms with Crippen LogP contribution in [0.4, 0.5) is 0 Å². The van der Waals surface area contributed by atoms with E-state index in [0.717, 1.165) is 0 Å². The molecule has 0 heterocycles. The monoisotopic (exact) mass is 817 g/mol. The van der Waals surface area contributed by atoms with Gasteiger partial charge < -0.3 is 0 Å². The van der Waals surface area contributed by atoms with E-state index in [1.54, 1.807) is 22.3 Å². The second-order valence-corrected chi connectivity index (χ2v) is 44.2. The van der Waals surface area contributed by atoms with Crippen LogP contribution in [0.1, 0.15) is 121 Å². The van der Waals surface area contributed by atoms with Gasteiger partial charge in [0.05, 0.1) is 0 Å². The van der Waals surface area contributed by atoms with Crippen LogP contribution < -0.4 is 0 Å².